The first-order valence-corrected chi connectivity index (χ1v) is 5.70. The van der Waals surface area contributed by atoms with E-state index in [9.17, 15) is 4.79 Å². The molecule has 1 heterocycles. The van der Waals surface area contributed by atoms with Crippen LogP contribution in [0.1, 0.15) is 32.6 Å². The van der Waals surface area contributed by atoms with Gasteiger partial charge in [0.05, 0.1) is 13.7 Å². The van der Waals surface area contributed by atoms with Crippen molar-refractivity contribution in [2.45, 2.75) is 38.9 Å². The third-order valence-corrected chi connectivity index (χ3v) is 2.50. The summed E-state index contributed by atoms with van der Waals surface area (Å²) in [6.45, 7) is 3.27. The second kappa shape index (κ2) is 7.41. The average Bonchev–Trinajstić information content (AvgIpc) is 2.30. The SMILES string of the molecule is COC(=O)/C=C(\C)CCOC1CCCCO1. The van der Waals surface area contributed by atoms with Crippen molar-refractivity contribution in [1.29, 1.82) is 0 Å². The summed E-state index contributed by atoms with van der Waals surface area (Å²) in [5, 5.41) is 0. The van der Waals surface area contributed by atoms with E-state index in [0.717, 1.165) is 31.4 Å². The van der Waals surface area contributed by atoms with Crippen LogP contribution >= 0.6 is 0 Å². The number of methoxy groups -OCH3 is 1. The highest BCUT2D eigenvalue weighted by atomic mass is 16.7. The highest BCUT2D eigenvalue weighted by Crippen LogP contribution is 2.14. The summed E-state index contributed by atoms with van der Waals surface area (Å²) < 4.78 is 15.5. The van der Waals surface area contributed by atoms with Gasteiger partial charge in [0, 0.05) is 12.7 Å². The van der Waals surface area contributed by atoms with E-state index in [-0.39, 0.29) is 12.3 Å². The second-order valence-electron chi connectivity index (χ2n) is 3.93. The van der Waals surface area contributed by atoms with Crippen LogP contribution in [0.4, 0.5) is 0 Å². The van der Waals surface area contributed by atoms with Gasteiger partial charge in [0.2, 0.25) is 0 Å². The molecule has 4 nitrogen and oxygen atoms in total. The minimum Gasteiger partial charge on any atom is -0.466 e. The standard InChI is InChI=1S/C12H20O4/c1-10(9-11(13)14-2)6-8-16-12-5-3-4-7-15-12/h9,12H,3-8H2,1-2H3/b10-9+. The van der Waals surface area contributed by atoms with Gasteiger partial charge in [-0.25, -0.2) is 4.79 Å². The maximum atomic E-state index is 10.9. The third kappa shape index (κ3) is 5.28. The van der Waals surface area contributed by atoms with E-state index >= 15 is 0 Å². The third-order valence-electron chi connectivity index (χ3n) is 2.50. The fourth-order valence-electron chi connectivity index (χ4n) is 1.53. The minimum absolute atomic E-state index is 0.0559. The zero-order valence-electron chi connectivity index (χ0n) is 10.0. The van der Waals surface area contributed by atoms with Crippen molar-refractivity contribution in [3.05, 3.63) is 11.6 Å². The predicted octanol–water partition coefficient (Wildman–Crippen LogP) is 2.04. The molecule has 0 spiro atoms. The summed E-state index contributed by atoms with van der Waals surface area (Å²) >= 11 is 0. The Balaban J connectivity index is 2.14. The molecule has 0 aromatic carbocycles. The summed E-state index contributed by atoms with van der Waals surface area (Å²) in [4.78, 5) is 10.9. The Kier molecular flexibility index (Phi) is 6.11. The lowest BCUT2D eigenvalue weighted by molar-refractivity contribution is -0.161. The molecular weight excluding hydrogens is 208 g/mol. The molecule has 0 bridgehead atoms. The van der Waals surface area contributed by atoms with Crippen LogP contribution < -0.4 is 0 Å². The minimum atomic E-state index is -0.314. The van der Waals surface area contributed by atoms with Gasteiger partial charge in [0.15, 0.2) is 6.29 Å². The van der Waals surface area contributed by atoms with E-state index in [1.54, 1.807) is 0 Å². The Bertz CT molecular complexity index is 241. The number of rotatable bonds is 5. The Morgan fingerprint density at radius 1 is 1.50 bits per heavy atom. The topological polar surface area (TPSA) is 44.8 Å². The summed E-state index contributed by atoms with van der Waals surface area (Å²) in [5.74, 6) is -0.314. The molecule has 0 amide bonds. The van der Waals surface area contributed by atoms with Crippen molar-refractivity contribution in [2.24, 2.45) is 0 Å². The summed E-state index contributed by atoms with van der Waals surface area (Å²) in [7, 11) is 1.37. The monoisotopic (exact) mass is 228 g/mol. The fraction of sp³-hybridized carbons (Fsp3) is 0.750. The molecule has 1 saturated heterocycles. The molecule has 1 aliphatic rings. The molecule has 0 aliphatic carbocycles. The molecule has 0 aromatic heterocycles. The van der Waals surface area contributed by atoms with Crippen LogP contribution in [0.5, 0.6) is 0 Å². The molecule has 0 radical (unpaired) electrons. The van der Waals surface area contributed by atoms with Crippen molar-refractivity contribution in [3.63, 3.8) is 0 Å². The van der Waals surface area contributed by atoms with Crippen LogP contribution in [0.2, 0.25) is 0 Å². The van der Waals surface area contributed by atoms with Gasteiger partial charge in [-0.1, -0.05) is 5.57 Å². The van der Waals surface area contributed by atoms with Gasteiger partial charge >= 0.3 is 5.97 Å². The molecule has 0 aromatic rings. The van der Waals surface area contributed by atoms with E-state index in [4.69, 9.17) is 9.47 Å². The number of hydrogen-bond acceptors (Lipinski definition) is 4. The van der Waals surface area contributed by atoms with Gasteiger partial charge in [-0.3, -0.25) is 0 Å². The summed E-state index contributed by atoms with van der Waals surface area (Å²) in [6, 6.07) is 0. The van der Waals surface area contributed by atoms with E-state index < -0.39 is 0 Å². The van der Waals surface area contributed by atoms with E-state index in [1.165, 1.54) is 19.6 Å². The maximum Gasteiger partial charge on any atom is 0.330 e. The Hall–Kier alpha value is -0.870. The lowest BCUT2D eigenvalue weighted by Crippen LogP contribution is -2.22. The Labute approximate surface area is 96.6 Å². The zero-order valence-corrected chi connectivity index (χ0v) is 10.0. The molecule has 92 valence electrons. The molecule has 4 heteroatoms. The largest absolute Gasteiger partial charge is 0.466 e. The van der Waals surface area contributed by atoms with Crippen molar-refractivity contribution in [1.82, 2.24) is 0 Å². The lowest BCUT2D eigenvalue weighted by atomic mass is 10.2. The second-order valence-corrected chi connectivity index (χ2v) is 3.93. The molecule has 1 rings (SSSR count). The smallest absolute Gasteiger partial charge is 0.330 e. The molecule has 1 aliphatic heterocycles. The Morgan fingerprint density at radius 3 is 2.94 bits per heavy atom. The molecule has 0 saturated carbocycles. The van der Waals surface area contributed by atoms with Crippen LogP contribution in [-0.2, 0) is 19.0 Å². The van der Waals surface area contributed by atoms with Crippen LogP contribution in [0.25, 0.3) is 0 Å². The van der Waals surface area contributed by atoms with Gasteiger partial charge in [-0.15, -0.1) is 0 Å². The number of carbonyl (C=O) groups is 1. The van der Waals surface area contributed by atoms with Crippen LogP contribution in [0.15, 0.2) is 11.6 Å². The first-order valence-electron chi connectivity index (χ1n) is 5.70. The summed E-state index contributed by atoms with van der Waals surface area (Å²) in [5.41, 5.74) is 0.961. The van der Waals surface area contributed by atoms with Crippen molar-refractivity contribution < 1.29 is 19.0 Å². The van der Waals surface area contributed by atoms with Gasteiger partial charge in [0.1, 0.15) is 0 Å². The highest BCUT2D eigenvalue weighted by molar-refractivity contribution is 5.82. The lowest BCUT2D eigenvalue weighted by Gasteiger charge is -2.22. The quantitative estimate of drug-likeness (QED) is 0.533. The van der Waals surface area contributed by atoms with Crippen LogP contribution in [0, 0.1) is 0 Å². The van der Waals surface area contributed by atoms with Crippen molar-refractivity contribution >= 4 is 5.97 Å². The van der Waals surface area contributed by atoms with Crippen molar-refractivity contribution in [3.8, 4) is 0 Å². The first kappa shape index (κ1) is 13.2. The van der Waals surface area contributed by atoms with Crippen LogP contribution in [0.3, 0.4) is 0 Å². The number of carbonyl (C=O) groups excluding carboxylic acids is 1. The molecular formula is C12H20O4. The zero-order chi connectivity index (χ0) is 11.8. The Morgan fingerprint density at radius 2 is 2.31 bits per heavy atom. The molecule has 1 unspecified atom stereocenters. The predicted molar refractivity (Wildman–Crippen MR) is 59.9 cm³/mol. The normalized spacial score (nSPS) is 21.9. The average molecular weight is 228 g/mol. The van der Waals surface area contributed by atoms with E-state index in [0.29, 0.717) is 6.61 Å². The first-order chi connectivity index (χ1) is 7.72. The van der Waals surface area contributed by atoms with E-state index in [2.05, 4.69) is 4.74 Å². The van der Waals surface area contributed by atoms with E-state index in [1.807, 2.05) is 6.92 Å². The maximum absolute atomic E-state index is 10.9. The van der Waals surface area contributed by atoms with Gasteiger partial charge in [-0.2, -0.15) is 0 Å². The highest BCUT2D eigenvalue weighted by Gasteiger charge is 2.13. The number of hydrogen-bond donors (Lipinski definition) is 0. The molecule has 16 heavy (non-hydrogen) atoms. The number of esters is 1. The van der Waals surface area contributed by atoms with Gasteiger partial charge < -0.3 is 14.2 Å². The molecule has 1 atom stereocenters. The van der Waals surface area contributed by atoms with Gasteiger partial charge in [-0.05, 0) is 32.6 Å². The number of ether oxygens (including phenoxy) is 3. The van der Waals surface area contributed by atoms with Gasteiger partial charge in [0.25, 0.3) is 0 Å². The fourth-order valence-corrected chi connectivity index (χ4v) is 1.53. The summed E-state index contributed by atoms with van der Waals surface area (Å²) in [6.07, 6.45) is 5.43. The molecule has 0 N–H and O–H groups in total. The molecule has 1 fully saturated rings. The van der Waals surface area contributed by atoms with Crippen LogP contribution in [-0.4, -0.2) is 32.6 Å². The van der Waals surface area contributed by atoms with Crippen molar-refractivity contribution in [2.75, 3.05) is 20.3 Å².